The van der Waals surface area contributed by atoms with Crippen LogP contribution in [-0.4, -0.2) is 23.7 Å². The Balaban J connectivity index is 0.00000120. The van der Waals surface area contributed by atoms with Crippen LogP contribution in [-0.2, 0) is 6.42 Å². The first-order chi connectivity index (χ1) is 13.2. The summed E-state index contributed by atoms with van der Waals surface area (Å²) in [5, 5.41) is 5.32. The molecule has 3 nitrogen and oxygen atoms in total. The molecule has 1 N–H and O–H groups in total. The van der Waals surface area contributed by atoms with Crippen LogP contribution in [0.3, 0.4) is 0 Å². The highest BCUT2D eigenvalue weighted by Crippen LogP contribution is 2.44. The summed E-state index contributed by atoms with van der Waals surface area (Å²) in [6.45, 7) is 4.18. The van der Waals surface area contributed by atoms with Gasteiger partial charge in [0.2, 0.25) is 0 Å². The van der Waals surface area contributed by atoms with Gasteiger partial charge in [-0.05, 0) is 86.1 Å². The maximum atomic E-state index is 6.71. The lowest BCUT2D eigenvalue weighted by atomic mass is 9.83. The van der Waals surface area contributed by atoms with Crippen LogP contribution in [0.5, 0.6) is 5.75 Å². The fourth-order valence-electron chi connectivity index (χ4n) is 4.57. The van der Waals surface area contributed by atoms with E-state index in [0.717, 1.165) is 60.6 Å². The number of ether oxygens (including phenoxy) is 1. The van der Waals surface area contributed by atoms with Gasteiger partial charge < -0.3 is 10.1 Å². The molecule has 1 aromatic heterocycles. The molecule has 0 saturated carbocycles. The first kappa shape index (κ1) is 22.2. The van der Waals surface area contributed by atoms with Crippen molar-refractivity contribution in [1.29, 1.82) is 0 Å². The van der Waals surface area contributed by atoms with E-state index in [2.05, 4.69) is 47.6 Å². The summed E-state index contributed by atoms with van der Waals surface area (Å²) >= 11 is 6.71. The minimum Gasteiger partial charge on any atom is -0.485 e. The van der Waals surface area contributed by atoms with E-state index in [1.54, 1.807) is 0 Å². The van der Waals surface area contributed by atoms with E-state index >= 15 is 0 Å². The molecular weight excluding hydrogens is 427 g/mol. The summed E-state index contributed by atoms with van der Waals surface area (Å²) in [7, 11) is 0. The van der Waals surface area contributed by atoms with Crippen LogP contribution in [0.25, 0.3) is 22.0 Å². The first-order valence-electron chi connectivity index (χ1n) is 9.72. The summed E-state index contributed by atoms with van der Waals surface area (Å²) in [6, 6.07) is 12.7. The number of nitrogens with one attached hydrogen (secondary N) is 1. The zero-order valence-corrected chi connectivity index (χ0v) is 18.7. The molecule has 0 radical (unpaired) electrons. The van der Waals surface area contributed by atoms with E-state index in [1.807, 2.05) is 12.3 Å². The molecule has 2 aromatic carbocycles. The average Bonchev–Trinajstić information content (AvgIpc) is 2.70. The predicted octanol–water partition coefficient (Wildman–Crippen LogP) is 6.15. The average molecular weight is 452 g/mol. The van der Waals surface area contributed by atoms with E-state index in [9.17, 15) is 0 Å². The van der Waals surface area contributed by atoms with Gasteiger partial charge in [0, 0.05) is 11.6 Å². The number of nitrogens with zero attached hydrogens (tertiary/aromatic N) is 1. The fourth-order valence-corrected chi connectivity index (χ4v) is 4.85. The first-order valence-corrected chi connectivity index (χ1v) is 10.1. The lowest BCUT2D eigenvalue weighted by Crippen LogP contribution is -2.48. The number of rotatable bonds is 1. The highest BCUT2D eigenvalue weighted by molar-refractivity contribution is 6.32. The van der Waals surface area contributed by atoms with E-state index in [1.165, 1.54) is 22.1 Å². The Labute approximate surface area is 189 Å². The topological polar surface area (TPSA) is 34.1 Å². The van der Waals surface area contributed by atoms with Crippen LogP contribution in [0.1, 0.15) is 30.4 Å². The Hall–Kier alpha value is -1.52. The lowest BCUT2D eigenvalue weighted by molar-refractivity contribution is 0.0171. The maximum absolute atomic E-state index is 6.71. The molecule has 0 unspecified atom stereocenters. The molecule has 2 aliphatic rings. The quantitative estimate of drug-likeness (QED) is 0.481. The minimum atomic E-state index is -0.0355. The molecule has 154 valence electrons. The third kappa shape index (κ3) is 3.94. The number of benzene rings is 2. The Kier molecular flexibility index (Phi) is 6.64. The number of halogens is 3. The number of pyridine rings is 1. The van der Waals surface area contributed by atoms with Gasteiger partial charge in [0.25, 0.3) is 0 Å². The van der Waals surface area contributed by atoms with Crippen LogP contribution in [0.2, 0.25) is 5.02 Å². The van der Waals surface area contributed by atoms with Crippen LogP contribution in [0, 0.1) is 6.92 Å². The van der Waals surface area contributed by atoms with Crippen molar-refractivity contribution in [2.75, 3.05) is 13.1 Å². The third-order valence-electron chi connectivity index (χ3n) is 6.14. The number of hydrogen-bond acceptors (Lipinski definition) is 3. The van der Waals surface area contributed by atoms with Crippen molar-refractivity contribution in [2.45, 2.75) is 38.2 Å². The second-order valence-electron chi connectivity index (χ2n) is 7.79. The van der Waals surface area contributed by atoms with Gasteiger partial charge in [0.15, 0.2) is 0 Å². The second kappa shape index (κ2) is 8.69. The molecule has 1 saturated heterocycles. The zero-order chi connectivity index (χ0) is 18.4. The van der Waals surface area contributed by atoms with Crippen molar-refractivity contribution in [2.24, 2.45) is 0 Å². The molecule has 0 amide bonds. The van der Waals surface area contributed by atoms with E-state index in [-0.39, 0.29) is 30.4 Å². The maximum Gasteiger partial charge on any atom is 0.141 e. The van der Waals surface area contributed by atoms with Gasteiger partial charge in [-0.25, -0.2) is 0 Å². The molecule has 3 heterocycles. The van der Waals surface area contributed by atoms with Gasteiger partial charge in [-0.3, -0.25) is 4.98 Å². The summed E-state index contributed by atoms with van der Waals surface area (Å²) in [4.78, 5) is 4.57. The van der Waals surface area contributed by atoms with Crippen LogP contribution in [0.4, 0.5) is 0 Å². The number of aryl methyl sites for hydroxylation is 2. The number of fused-ring (bicyclic) bond motifs is 2. The predicted molar refractivity (Wildman–Crippen MR) is 125 cm³/mol. The standard InChI is InChI=1S/C23H23ClN2O.2ClH/c1-15-19(5-4-16-3-2-10-26-21(15)16)18-13-17-6-7-23(8-11-25-12-9-23)27-22(17)20(24)14-18;;/h2-5,10,13-14,25H,6-9,11-12H2,1H3;2*1H. The van der Waals surface area contributed by atoms with Crippen molar-refractivity contribution in [3.05, 3.63) is 58.7 Å². The van der Waals surface area contributed by atoms with Crippen molar-refractivity contribution in [3.63, 3.8) is 0 Å². The molecule has 0 bridgehead atoms. The highest BCUT2D eigenvalue weighted by atomic mass is 35.5. The zero-order valence-electron chi connectivity index (χ0n) is 16.3. The molecule has 6 heteroatoms. The van der Waals surface area contributed by atoms with Crippen LogP contribution >= 0.6 is 36.4 Å². The SMILES string of the molecule is Cc1c(-c2cc(Cl)c3c(c2)CCC2(CCNCC2)O3)ccc2cccnc12.Cl.Cl. The summed E-state index contributed by atoms with van der Waals surface area (Å²) in [5.74, 6) is 0.894. The van der Waals surface area contributed by atoms with Crippen molar-refractivity contribution in [1.82, 2.24) is 10.3 Å². The molecular formula is C23H25Cl3N2O. The Morgan fingerprint density at radius 2 is 1.86 bits per heavy atom. The molecule has 1 spiro atoms. The Morgan fingerprint density at radius 1 is 1.07 bits per heavy atom. The lowest BCUT2D eigenvalue weighted by Gasteiger charge is -2.42. The van der Waals surface area contributed by atoms with Gasteiger partial charge in [0.05, 0.1) is 10.5 Å². The smallest absolute Gasteiger partial charge is 0.141 e. The highest BCUT2D eigenvalue weighted by Gasteiger charge is 2.38. The van der Waals surface area contributed by atoms with Crippen LogP contribution < -0.4 is 10.1 Å². The monoisotopic (exact) mass is 450 g/mol. The van der Waals surface area contributed by atoms with E-state index in [4.69, 9.17) is 16.3 Å². The summed E-state index contributed by atoms with van der Waals surface area (Å²) in [6.07, 6.45) is 6.05. The van der Waals surface area contributed by atoms with Gasteiger partial charge in [-0.2, -0.15) is 0 Å². The van der Waals surface area contributed by atoms with Gasteiger partial charge in [-0.1, -0.05) is 29.8 Å². The third-order valence-corrected chi connectivity index (χ3v) is 6.42. The molecule has 3 aromatic rings. The molecule has 5 rings (SSSR count). The van der Waals surface area contributed by atoms with Crippen molar-refractivity contribution < 1.29 is 4.74 Å². The minimum absolute atomic E-state index is 0. The molecule has 2 aliphatic heterocycles. The molecule has 0 aliphatic carbocycles. The summed E-state index contributed by atoms with van der Waals surface area (Å²) in [5.41, 5.74) is 5.76. The molecule has 1 fully saturated rings. The van der Waals surface area contributed by atoms with Crippen molar-refractivity contribution >= 4 is 47.3 Å². The second-order valence-corrected chi connectivity index (χ2v) is 8.20. The number of aromatic nitrogens is 1. The van der Waals surface area contributed by atoms with E-state index in [0.29, 0.717) is 0 Å². The van der Waals surface area contributed by atoms with Gasteiger partial charge in [0.1, 0.15) is 11.4 Å². The fraction of sp³-hybridized carbons (Fsp3) is 0.348. The normalized spacial score (nSPS) is 17.0. The molecule has 29 heavy (non-hydrogen) atoms. The Morgan fingerprint density at radius 3 is 2.66 bits per heavy atom. The van der Waals surface area contributed by atoms with Gasteiger partial charge in [-0.15, -0.1) is 24.8 Å². The summed E-state index contributed by atoms with van der Waals surface area (Å²) < 4.78 is 6.50. The number of piperidine rings is 1. The largest absolute Gasteiger partial charge is 0.485 e. The van der Waals surface area contributed by atoms with Crippen molar-refractivity contribution in [3.8, 4) is 16.9 Å². The number of hydrogen-bond donors (Lipinski definition) is 1. The van der Waals surface area contributed by atoms with Gasteiger partial charge >= 0.3 is 0 Å². The van der Waals surface area contributed by atoms with E-state index < -0.39 is 0 Å². The van der Waals surface area contributed by atoms with Crippen LogP contribution in [0.15, 0.2) is 42.6 Å². The Bertz CT molecular complexity index is 1030. The molecule has 0 atom stereocenters.